The molecule has 0 unspecified atom stereocenters. The van der Waals surface area contributed by atoms with Crippen LogP contribution in [-0.4, -0.2) is 57.5 Å². The highest BCUT2D eigenvalue weighted by molar-refractivity contribution is 8.03. The highest BCUT2D eigenvalue weighted by Gasteiger charge is 2.02. The minimum atomic E-state index is 1.000. The summed E-state index contributed by atoms with van der Waals surface area (Å²) < 4.78 is 0. The van der Waals surface area contributed by atoms with E-state index >= 15 is 0 Å². The minimum Gasteiger partial charge on any atom is -0.179 e. The number of hydrogen-bond donors (Lipinski definition) is 2. The smallest absolute Gasteiger partial charge is 0.00238 e. The van der Waals surface area contributed by atoms with Crippen molar-refractivity contribution in [3.8, 4) is 0 Å². The average Bonchev–Trinajstić information content (AvgIpc) is 2.67. The summed E-state index contributed by atoms with van der Waals surface area (Å²) in [7, 11) is 0. The molecule has 1 aromatic carbocycles. The van der Waals surface area contributed by atoms with E-state index in [9.17, 15) is 0 Å². The first-order valence-electron chi connectivity index (χ1n) is 9.48. The molecular formula is C20H34S6. The quantitative estimate of drug-likeness (QED) is 0.191. The van der Waals surface area contributed by atoms with Crippen molar-refractivity contribution in [3.63, 3.8) is 0 Å². The largest absolute Gasteiger partial charge is 0.179 e. The lowest BCUT2D eigenvalue weighted by molar-refractivity contribution is 0.871. The SMILES string of the molecule is SCCSCCSCCCc1ccccc1CCCSCCSCCS. The van der Waals surface area contributed by atoms with Gasteiger partial charge in [-0.1, -0.05) is 24.3 Å². The van der Waals surface area contributed by atoms with E-state index in [1.54, 1.807) is 11.1 Å². The van der Waals surface area contributed by atoms with Crippen LogP contribution in [0.5, 0.6) is 0 Å². The van der Waals surface area contributed by atoms with Crippen LogP contribution in [0.3, 0.4) is 0 Å². The summed E-state index contributed by atoms with van der Waals surface area (Å²) in [6.45, 7) is 0. The third-order valence-corrected chi connectivity index (χ3v) is 9.48. The van der Waals surface area contributed by atoms with Crippen LogP contribution in [0.25, 0.3) is 0 Å². The lowest BCUT2D eigenvalue weighted by Gasteiger charge is -2.09. The Labute approximate surface area is 189 Å². The van der Waals surface area contributed by atoms with Gasteiger partial charge in [-0.3, -0.25) is 0 Å². The van der Waals surface area contributed by atoms with Crippen molar-refractivity contribution in [2.75, 3.05) is 57.5 Å². The molecule has 6 heteroatoms. The summed E-state index contributed by atoms with van der Waals surface area (Å²) in [5, 5.41) is 0. The van der Waals surface area contributed by atoms with E-state index in [-0.39, 0.29) is 0 Å². The maximum absolute atomic E-state index is 4.25. The zero-order valence-corrected chi connectivity index (χ0v) is 20.8. The molecule has 0 saturated carbocycles. The fourth-order valence-electron chi connectivity index (χ4n) is 2.55. The Hall–Kier alpha value is 1.32. The van der Waals surface area contributed by atoms with E-state index in [0.717, 1.165) is 11.5 Å². The molecule has 0 aliphatic heterocycles. The third-order valence-electron chi connectivity index (χ3n) is 3.80. The van der Waals surface area contributed by atoms with Crippen LogP contribution in [-0.2, 0) is 12.8 Å². The molecule has 0 N–H and O–H groups in total. The monoisotopic (exact) mass is 466 g/mol. The number of aryl methyl sites for hydroxylation is 2. The van der Waals surface area contributed by atoms with Crippen molar-refractivity contribution >= 4 is 72.3 Å². The Morgan fingerprint density at radius 3 is 1.31 bits per heavy atom. The average molecular weight is 467 g/mol. The van der Waals surface area contributed by atoms with Crippen LogP contribution in [0, 0.1) is 0 Å². The standard InChI is InChI=1S/C20H34S6/c21-9-13-25-17-15-23-11-3-7-19-5-1-2-6-20(19)8-4-12-24-16-18-26-14-10-22/h1-2,5-6,21-22H,3-4,7-18H2. The van der Waals surface area contributed by atoms with Gasteiger partial charge >= 0.3 is 0 Å². The second-order valence-electron chi connectivity index (χ2n) is 5.87. The fourth-order valence-corrected chi connectivity index (χ4v) is 6.98. The zero-order chi connectivity index (χ0) is 18.7. The van der Waals surface area contributed by atoms with Gasteiger partial charge in [-0.2, -0.15) is 72.3 Å². The normalized spacial score (nSPS) is 11.2. The van der Waals surface area contributed by atoms with Gasteiger partial charge in [-0.25, -0.2) is 0 Å². The second kappa shape index (κ2) is 19.6. The Bertz CT molecular complexity index is 388. The molecule has 150 valence electrons. The van der Waals surface area contributed by atoms with Gasteiger partial charge in [0.2, 0.25) is 0 Å². The van der Waals surface area contributed by atoms with Gasteiger partial charge in [0.15, 0.2) is 0 Å². The van der Waals surface area contributed by atoms with Crippen molar-refractivity contribution in [1.82, 2.24) is 0 Å². The van der Waals surface area contributed by atoms with E-state index in [0.29, 0.717) is 0 Å². The predicted octanol–water partition coefficient (Wildman–Crippen LogP) is 6.34. The third kappa shape index (κ3) is 14.3. The van der Waals surface area contributed by atoms with Crippen LogP contribution in [0.1, 0.15) is 24.0 Å². The first kappa shape index (κ1) is 25.4. The molecular weight excluding hydrogens is 433 g/mol. The number of rotatable bonds is 18. The molecule has 0 spiro atoms. The second-order valence-corrected chi connectivity index (χ2v) is 11.7. The van der Waals surface area contributed by atoms with E-state index in [1.165, 1.54) is 71.7 Å². The molecule has 0 saturated heterocycles. The lowest BCUT2D eigenvalue weighted by atomic mass is 10.00. The molecule has 0 aromatic heterocycles. The fraction of sp³-hybridized carbons (Fsp3) is 0.700. The van der Waals surface area contributed by atoms with E-state index in [1.807, 2.05) is 23.5 Å². The van der Waals surface area contributed by atoms with Crippen molar-refractivity contribution in [1.29, 1.82) is 0 Å². The maximum Gasteiger partial charge on any atom is 0.00238 e. The molecule has 0 aliphatic rings. The summed E-state index contributed by atoms with van der Waals surface area (Å²) in [5.74, 6) is 12.0. The Balaban J connectivity index is 2.10. The van der Waals surface area contributed by atoms with Crippen molar-refractivity contribution in [2.24, 2.45) is 0 Å². The van der Waals surface area contributed by atoms with Gasteiger partial charge < -0.3 is 0 Å². The minimum absolute atomic E-state index is 1.000. The highest BCUT2D eigenvalue weighted by Crippen LogP contribution is 2.17. The number of thiol groups is 2. The molecule has 1 aromatic rings. The van der Waals surface area contributed by atoms with Gasteiger partial charge in [0.05, 0.1) is 0 Å². The topological polar surface area (TPSA) is 0 Å². The van der Waals surface area contributed by atoms with Gasteiger partial charge in [-0.05, 0) is 59.8 Å². The van der Waals surface area contributed by atoms with Crippen LogP contribution < -0.4 is 0 Å². The molecule has 26 heavy (non-hydrogen) atoms. The van der Waals surface area contributed by atoms with E-state index in [2.05, 4.69) is 73.0 Å². The Morgan fingerprint density at radius 2 is 0.923 bits per heavy atom. The number of benzene rings is 1. The van der Waals surface area contributed by atoms with Crippen LogP contribution >= 0.6 is 72.3 Å². The van der Waals surface area contributed by atoms with Gasteiger partial charge in [0.1, 0.15) is 0 Å². The van der Waals surface area contributed by atoms with Crippen LogP contribution in [0.2, 0.25) is 0 Å². The first-order valence-corrected chi connectivity index (χ1v) is 15.4. The molecule has 0 nitrogen and oxygen atoms in total. The Kier molecular flexibility index (Phi) is 19.1. The first-order chi connectivity index (χ1) is 12.9. The molecule has 0 atom stereocenters. The lowest BCUT2D eigenvalue weighted by Crippen LogP contribution is -1.98. The van der Waals surface area contributed by atoms with Crippen molar-refractivity contribution in [3.05, 3.63) is 35.4 Å². The van der Waals surface area contributed by atoms with Crippen LogP contribution in [0.15, 0.2) is 24.3 Å². The van der Waals surface area contributed by atoms with E-state index in [4.69, 9.17) is 0 Å². The number of thioether (sulfide) groups is 4. The van der Waals surface area contributed by atoms with E-state index < -0.39 is 0 Å². The summed E-state index contributed by atoms with van der Waals surface area (Å²) in [4.78, 5) is 0. The molecule has 1 rings (SSSR count). The maximum atomic E-state index is 4.25. The van der Waals surface area contributed by atoms with Crippen LogP contribution in [0.4, 0.5) is 0 Å². The predicted molar refractivity (Wildman–Crippen MR) is 140 cm³/mol. The molecule has 0 amide bonds. The summed E-state index contributed by atoms with van der Waals surface area (Å²) in [6, 6.07) is 9.08. The Morgan fingerprint density at radius 1 is 0.538 bits per heavy atom. The zero-order valence-electron chi connectivity index (χ0n) is 15.7. The molecule has 0 fully saturated rings. The molecule has 0 aliphatic carbocycles. The summed E-state index contributed by atoms with van der Waals surface area (Å²) >= 11 is 16.8. The van der Waals surface area contributed by atoms with Gasteiger partial charge in [0.25, 0.3) is 0 Å². The number of hydrogen-bond acceptors (Lipinski definition) is 6. The summed E-state index contributed by atoms with van der Waals surface area (Å²) in [5.41, 5.74) is 3.15. The van der Waals surface area contributed by atoms with Gasteiger partial charge in [0, 0.05) is 34.5 Å². The molecule has 0 bridgehead atoms. The highest BCUT2D eigenvalue weighted by atomic mass is 32.2. The molecule has 0 heterocycles. The summed E-state index contributed by atoms with van der Waals surface area (Å²) in [6.07, 6.45) is 5.08. The van der Waals surface area contributed by atoms with Crippen molar-refractivity contribution in [2.45, 2.75) is 25.7 Å². The van der Waals surface area contributed by atoms with Crippen molar-refractivity contribution < 1.29 is 0 Å². The van der Waals surface area contributed by atoms with Gasteiger partial charge in [-0.15, -0.1) is 0 Å². The molecule has 0 radical (unpaired) electrons.